The SMILES string of the molecule is CC/C=C\C/C=C\C/C=C\C/C=C\CCCCCCCCCCC(=O)NC(COP(=O)(O)OCCN)C(O)/C=C/CC/C=C/CCCCCCCCCCCCC. The zero-order chi connectivity index (χ0) is 41.8. The average molecular weight is 819 g/mol. The van der Waals surface area contributed by atoms with Gasteiger partial charge in [-0.05, 0) is 70.6 Å². The Hall–Kier alpha value is -2.06. The molecule has 0 heterocycles. The molecule has 0 aromatic carbocycles. The lowest BCUT2D eigenvalue weighted by molar-refractivity contribution is -0.123. The van der Waals surface area contributed by atoms with Gasteiger partial charge in [0.05, 0.1) is 25.4 Å². The summed E-state index contributed by atoms with van der Waals surface area (Å²) < 4.78 is 22.1. The van der Waals surface area contributed by atoms with Gasteiger partial charge < -0.3 is 21.1 Å². The van der Waals surface area contributed by atoms with Gasteiger partial charge in [-0.3, -0.25) is 13.8 Å². The summed E-state index contributed by atoms with van der Waals surface area (Å²) in [5.74, 6) is -0.215. The minimum Gasteiger partial charge on any atom is -0.387 e. The van der Waals surface area contributed by atoms with Crippen LogP contribution >= 0.6 is 7.82 Å². The number of hydrogen-bond donors (Lipinski definition) is 4. The second-order valence-electron chi connectivity index (χ2n) is 15.2. The number of aliphatic hydroxyl groups excluding tert-OH is 1. The molecule has 5 N–H and O–H groups in total. The Balaban J connectivity index is 4.24. The maximum Gasteiger partial charge on any atom is 0.472 e. The number of amides is 1. The number of unbranched alkanes of at least 4 members (excludes halogenated alkanes) is 20. The third-order valence-corrected chi connectivity index (χ3v) is 10.8. The first kappa shape index (κ1) is 54.9. The smallest absolute Gasteiger partial charge is 0.387 e. The number of nitrogens with two attached hydrogens (primary N) is 1. The molecule has 57 heavy (non-hydrogen) atoms. The van der Waals surface area contributed by atoms with Crippen LogP contribution in [0.15, 0.2) is 72.9 Å². The predicted molar refractivity (Wildman–Crippen MR) is 244 cm³/mol. The van der Waals surface area contributed by atoms with E-state index in [4.69, 9.17) is 14.8 Å². The van der Waals surface area contributed by atoms with Crippen molar-refractivity contribution < 1.29 is 28.4 Å². The van der Waals surface area contributed by atoms with Crippen LogP contribution in [0.1, 0.15) is 194 Å². The van der Waals surface area contributed by atoms with E-state index < -0.39 is 20.0 Å². The lowest BCUT2D eigenvalue weighted by Gasteiger charge is -2.23. The fourth-order valence-corrected chi connectivity index (χ4v) is 7.07. The molecule has 0 aliphatic heterocycles. The Morgan fingerprint density at radius 2 is 1.04 bits per heavy atom. The third kappa shape index (κ3) is 41.9. The second kappa shape index (κ2) is 43.5. The van der Waals surface area contributed by atoms with Crippen molar-refractivity contribution >= 4 is 13.7 Å². The molecule has 3 atom stereocenters. The van der Waals surface area contributed by atoms with Gasteiger partial charge in [-0.2, -0.15) is 0 Å². The molecule has 8 nitrogen and oxygen atoms in total. The molecule has 0 aliphatic carbocycles. The van der Waals surface area contributed by atoms with E-state index in [1.54, 1.807) is 6.08 Å². The normalized spacial score (nSPS) is 14.7. The first-order valence-corrected chi connectivity index (χ1v) is 24.6. The first-order valence-electron chi connectivity index (χ1n) is 23.1. The monoisotopic (exact) mass is 819 g/mol. The second-order valence-corrected chi connectivity index (χ2v) is 16.7. The van der Waals surface area contributed by atoms with Crippen molar-refractivity contribution in [3.63, 3.8) is 0 Å². The molecule has 0 aromatic heterocycles. The van der Waals surface area contributed by atoms with Gasteiger partial charge in [-0.15, -0.1) is 0 Å². The Labute approximate surface area is 350 Å². The fourth-order valence-electron chi connectivity index (χ4n) is 6.31. The summed E-state index contributed by atoms with van der Waals surface area (Å²) in [5, 5.41) is 13.7. The summed E-state index contributed by atoms with van der Waals surface area (Å²) in [6.45, 7) is 3.99. The number of aliphatic hydroxyl groups is 1. The summed E-state index contributed by atoms with van der Waals surface area (Å²) in [6.07, 6.45) is 56.7. The van der Waals surface area contributed by atoms with Gasteiger partial charge in [0.15, 0.2) is 0 Å². The Bertz CT molecular complexity index is 1120. The number of carbonyl (C=O) groups is 1. The molecule has 330 valence electrons. The molecule has 0 saturated carbocycles. The Morgan fingerprint density at radius 3 is 1.56 bits per heavy atom. The highest BCUT2D eigenvalue weighted by atomic mass is 31.2. The fraction of sp³-hybridized carbons (Fsp3) is 0.729. The minimum atomic E-state index is -4.36. The zero-order valence-electron chi connectivity index (χ0n) is 36.6. The molecule has 0 aliphatic rings. The van der Waals surface area contributed by atoms with Gasteiger partial charge in [-0.25, -0.2) is 4.57 Å². The van der Waals surface area contributed by atoms with Crippen molar-refractivity contribution in [3.8, 4) is 0 Å². The van der Waals surface area contributed by atoms with E-state index in [1.165, 1.54) is 96.3 Å². The number of phosphoric ester groups is 1. The first-order chi connectivity index (χ1) is 27.9. The van der Waals surface area contributed by atoms with E-state index in [0.29, 0.717) is 6.42 Å². The van der Waals surface area contributed by atoms with Gasteiger partial charge in [0.25, 0.3) is 0 Å². The van der Waals surface area contributed by atoms with Crippen LogP contribution < -0.4 is 11.1 Å². The molecule has 0 saturated heterocycles. The van der Waals surface area contributed by atoms with Crippen LogP contribution in [0.5, 0.6) is 0 Å². The highest BCUT2D eigenvalue weighted by molar-refractivity contribution is 7.47. The molecule has 0 radical (unpaired) electrons. The maximum absolute atomic E-state index is 12.8. The van der Waals surface area contributed by atoms with E-state index in [1.807, 2.05) is 6.08 Å². The number of rotatable bonds is 42. The lowest BCUT2D eigenvalue weighted by atomic mass is 10.1. The number of nitrogens with one attached hydrogen (secondary N) is 1. The molecule has 0 rings (SSSR count). The van der Waals surface area contributed by atoms with Crippen molar-refractivity contribution in [1.82, 2.24) is 5.32 Å². The van der Waals surface area contributed by atoms with Crippen molar-refractivity contribution in [2.45, 2.75) is 206 Å². The van der Waals surface area contributed by atoms with Crippen LogP contribution in [0.2, 0.25) is 0 Å². The van der Waals surface area contributed by atoms with Gasteiger partial charge in [0.1, 0.15) is 0 Å². The maximum atomic E-state index is 12.8. The van der Waals surface area contributed by atoms with Crippen LogP contribution in [-0.2, 0) is 18.4 Å². The number of hydrogen-bond acceptors (Lipinski definition) is 6. The van der Waals surface area contributed by atoms with Crippen LogP contribution in [0, 0.1) is 0 Å². The van der Waals surface area contributed by atoms with Crippen molar-refractivity contribution in [2.24, 2.45) is 5.73 Å². The quantitative estimate of drug-likeness (QED) is 0.0274. The van der Waals surface area contributed by atoms with E-state index >= 15 is 0 Å². The highest BCUT2D eigenvalue weighted by Gasteiger charge is 2.26. The van der Waals surface area contributed by atoms with Crippen LogP contribution in [-0.4, -0.2) is 47.8 Å². The van der Waals surface area contributed by atoms with Crippen molar-refractivity contribution in [1.29, 1.82) is 0 Å². The highest BCUT2D eigenvalue weighted by Crippen LogP contribution is 2.43. The molecular weight excluding hydrogens is 732 g/mol. The number of phosphoric acid groups is 1. The molecule has 3 unspecified atom stereocenters. The Kier molecular flexibility index (Phi) is 41.9. The van der Waals surface area contributed by atoms with E-state index in [2.05, 4.69) is 79.9 Å². The minimum absolute atomic E-state index is 0.0693. The molecule has 9 heteroatoms. The summed E-state index contributed by atoms with van der Waals surface area (Å²) in [7, 11) is -4.36. The topological polar surface area (TPSA) is 131 Å². The molecule has 0 fully saturated rings. The van der Waals surface area contributed by atoms with Crippen LogP contribution in [0.4, 0.5) is 0 Å². The molecule has 0 bridgehead atoms. The van der Waals surface area contributed by atoms with Gasteiger partial charge >= 0.3 is 7.82 Å². The standard InChI is InChI=1S/C48H87N2O6P/c1-3-5-7-9-11-13-15-17-19-21-22-23-24-26-28-30-32-34-36-38-40-42-48(52)50-46(45-56-57(53,54)55-44-43-49)47(51)41-39-37-35-33-31-29-27-25-20-18-16-14-12-10-8-6-4-2/h5,7,11,13,17,19,22-23,31,33,39,41,46-47,51H,3-4,6,8-10,12,14-16,18,20-21,24-30,32,34-38,40,42-45,49H2,1-2H3,(H,50,52)(H,53,54)/b7-5-,13-11-,19-17-,23-22-,33-31+,41-39+. The summed E-state index contributed by atoms with van der Waals surface area (Å²) in [4.78, 5) is 22.7. The molecular formula is C48H87N2O6P. The number of allylic oxidation sites excluding steroid dienone is 11. The summed E-state index contributed by atoms with van der Waals surface area (Å²) >= 11 is 0. The molecule has 0 aromatic rings. The largest absolute Gasteiger partial charge is 0.472 e. The van der Waals surface area contributed by atoms with Gasteiger partial charge in [-0.1, -0.05) is 189 Å². The van der Waals surface area contributed by atoms with Crippen LogP contribution in [0.3, 0.4) is 0 Å². The number of carbonyl (C=O) groups excluding carboxylic acids is 1. The third-order valence-electron chi connectivity index (χ3n) is 9.77. The molecule has 0 spiro atoms. The van der Waals surface area contributed by atoms with Gasteiger partial charge in [0.2, 0.25) is 5.91 Å². The summed E-state index contributed by atoms with van der Waals surface area (Å²) in [5.41, 5.74) is 5.38. The van der Waals surface area contributed by atoms with E-state index in [0.717, 1.165) is 77.0 Å². The van der Waals surface area contributed by atoms with Gasteiger partial charge in [0, 0.05) is 13.0 Å². The zero-order valence-corrected chi connectivity index (χ0v) is 37.4. The Morgan fingerprint density at radius 1 is 0.596 bits per heavy atom. The van der Waals surface area contributed by atoms with Crippen molar-refractivity contribution in [2.75, 3.05) is 19.8 Å². The summed E-state index contributed by atoms with van der Waals surface area (Å²) in [6, 6.07) is -0.885. The van der Waals surface area contributed by atoms with Crippen molar-refractivity contribution in [3.05, 3.63) is 72.9 Å². The van der Waals surface area contributed by atoms with E-state index in [9.17, 15) is 19.4 Å². The molecule has 1 amide bonds. The van der Waals surface area contributed by atoms with Crippen LogP contribution in [0.25, 0.3) is 0 Å². The lowest BCUT2D eigenvalue weighted by Crippen LogP contribution is -2.45. The van der Waals surface area contributed by atoms with E-state index in [-0.39, 0.29) is 25.7 Å². The average Bonchev–Trinajstić information content (AvgIpc) is 3.20. The predicted octanol–water partition coefficient (Wildman–Crippen LogP) is 13.2.